The van der Waals surface area contributed by atoms with Crippen LogP contribution < -0.4 is 48.3 Å². The topological polar surface area (TPSA) is 131 Å². The van der Waals surface area contributed by atoms with Crippen molar-refractivity contribution in [3.05, 3.63) is 73.8 Å². The quantitative estimate of drug-likeness (QED) is 0.340. The van der Waals surface area contributed by atoms with Crippen LogP contribution in [0.15, 0.2) is 24.3 Å². The van der Waals surface area contributed by atoms with E-state index in [-0.39, 0.29) is 10.8 Å². The predicted octanol–water partition coefficient (Wildman–Crippen LogP) is 0.971. The lowest BCUT2D eigenvalue weighted by molar-refractivity contribution is -2.00. The van der Waals surface area contributed by atoms with Crippen molar-refractivity contribution in [1.29, 1.82) is 0 Å². The summed E-state index contributed by atoms with van der Waals surface area (Å²) in [6.45, 7) is 6.28. The van der Waals surface area contributed by atoms with Crippen LogP contribution in [0.5, 0.6) is 17.2 Å². The Morgan fingerprint density at radius 3 is 1.88 bits per heavy atom. The fourth-order valence-electron chi connectivity index (χ4n) is 9.58. The summed E-state index contributed by atoms with van der Waals surface area (Å²) in [7, 11) is -4.94. The summed E-state index contributed by atoms with van der Waals surface area (Å²) in [4.78, 5) is 4.81. The third-order valence-electron chi connectivity index (χ3n) is 11.4. The van der Waals surface area contributed by atoms with Crippen LogP contribution in [0.1, 0.15) is 77.5 Å². The molecular weight excluding hydrogens is 687 g/mol. The van der Waals surface area contributed by atoms with E-state index in [1.807, 2.05) is 6.07 Å². The Morgan fingerprint density at radius 1 is 0.667 bits per heavy atom. The molecule has 7 aliphatic rings. The molecule has 9 nitrogen and oxygen atoms in total. The summed E-state index contributed by atoms with van der Waals surface area (Å²) in [6.07, 6.45) is 7.42. The van der Waals surface area contributed by atoms with Crippen LogP contribution >= 0.6 is 0 Å². The summed E-state index contributed by atoms with van der Waals surface area (Å²) < 4.78 is 87.0. The molecule has 0 unspecified atom stereocenters. The van der Waals surface area contributed by atoms with E-state index in [2.05, 4.69) is 20.4 Å². The maximum atomic E-state index is 14.7. The van der Waals surface area contributed by atoms with Gasteiger partial charge in [-0.1, -0.05) is 6.07 Å². The zero-order valence-electron chi connectivity index (χ0n) is 28.4. The first-order valence-corrected chi connectivity index (χ1v) is 19.3. The van der Waals surface area contributed by atoms with Gasteiger partial charge in [0, 0.05) is 77.9 Å². The molecule has 51 heavy (non-hydrogen) atoms. The van der Waals surface area contributed by atoms with E-state index in [9.17, 15) is 18.3 Å². The molecule has 3 aromatic rings. The van der Waals surface area contributed by atoms with Crippen molar-refractivity contribution in [1.82, 2.24) is 4.58 Å². The molecule has 13 heteroatoms. The molecule has 7 heterocycles. The SMILES string of the molecule is FC(F)(F)C1=c2cc3c4c(c2Oc2c1cc1c5c2CCCN5CCC1)CCC[N+]=4CCC3.Oc1ccc2c3c1CCCN3CCC2.[O-][Cl+3]([O-])([O-])[O-]. The standard InChI is InChI=1S/C26H26F3N2O.C12H15NO.ClHO4/c27-26(28,29)21-19-13-15-5-1-9-30-11-3-7-17(22(15)30)24(19)32-25-18-8-4-12-31-10-2-6-16(23(18)31)14-20(21)25;14-11-6-5-9-3-1-7-13-8-2-4-10(11)12(9)13;2-1(3,4)5/h13-14H,1-12H2;5-6,14H,1-4,7-8H2;(H,2,3,4,5)/q+1;;/p-1. The number of phenols is 1. The van der Waals surface area contributed by atoms with E-state index < -0.39 is 22.0 Å². The fourth-order valence-corrected chi connectivity index (χ4v) is 9.58. The Kier molecular flexibility index (Phi) is 8.90. The smallest absolute Gasteiger partial charge is 0.417 e. The van der Waals surface area contributed by atoms with E-state index in [0.29, 0.717) is 17.2 Å². The number of ether oxygens (including phenoxy) is 1. The number of nitrogens with zero attached hydrogens (tertiary/aromatic N) is 3. The van der Waals surface area contributed by atoms with Gasteiger partial charge in [0.15, 0.2) is 0 Å². The minimum absolute atomic E-state index is 0.262. The third-order valence-corrected chi connectivity index (χ3v) is 11.4. The summed E-state index contributed by atoms with van der Waals surface area (Å²) in [5, 5.41) is 11.2. The van der Waals surface area contributed by atoms with Gasteiger partial charge < -0.3 is 19.6 Å². The van der Waals surface area contributed by atoms with Gasteiger partial charge in [0.05, 0.1) is 11.1 Å². The monoisotopic (exact) mass is 727 g/mol. The highest BCUT2D eigenvalue weighted by molar-refractivity contribution is 5.84. The molecule has 0 radical (unpaired) electrons. The Hall–Kier alpha value is -3.55. The van der Waals surface area contributed by atoms with Crippen molar-refractivity contribution < 1.29 is 51.9 Å². The van der Waals surface area contributed by atoms with Crippen LogP contribution in [0.3, 0.4) is 0 Å². The van der Waals surface area contributed by atoms with Crippen LogP contribution in [0.2, 0.25) is 0 Å². The molecule has 0 bridgehead atoms. The fraction of sp³-hybridized carbons (Fsp3) is 0.500. The van der Waals surface area contributed by atoms with Gasteiger partial charge in [-0.05, 0) is 93.5 Å². The Labute approximate surface area is 296 Å². The number of aryl methyl sites for hydroxylation is 3. The molecule has 0 spiro atoms. The second-order valence-corrected chi connectivity index (χ2v) is 15.2. The molecule has 0 fully saturated rings. The zero-order valence-corrected chi connectivity index (χ0v) is 29.1. The van der Waals surface area contributed by atoms with Gasteiger partial charge in [0.1, 0.15) is 30.3 Å². The van der Waals surface area contributed by atoms with Gasteiger partial charge in [0.25, 0.3) is 0 Å². The molecule has 272 valence electrons. The Morgan fingerprint density at radius 2 is 1.22 bits per heavy atom. The number of alkyl halides is 3. The van der Waals surface area contributed by atoms with Gasteiger partial charge in [-0.25, -0.2) is 23.2 Å². The highest BCUT2D eigenvalue weighted by Gasteiger charge is 2.43. The van der Waals surface area contributed by atoms with E-state index >= 15 is 0 Å². The lowest BCUT2D eigenvalue weighted by Gasteiger charge is -2.39. The number of halogens is 4. The van der Waals surface area contributed by atoms with Gasteiger partial charge in [-0.15, -0.1) is 10.2 Å². The highest BCUT2D eigenvalue weighted by atomic mass is 35.7. The molecule has 0 aromatic heterocycles. The molecule has 10 rings (SSSR count). The Balaban J connectivity index is 0.000000162. The van der Waals surface area contributed by atoms with Crippen molar-refractivity contribution in [2.45, 2.75) is 83.2 Å². The number of hydrogen-bond donors (Lipinski definition) is 1. The second kappa shape index (κ2) is 13.1. The van der Waals surface area contributed by atoms with Crippen LogP contribution in [0.4, 0.5) is 24.5 Å². The normalized spacial score (nSPS) is 19.5. The summed E-state index contributed by atoms with van der Waals surface area (Å²) >= 11 is 0. The van der Waals surface area contributed by atoms with Crippen molar-refractivity contribution in [3.63, 3.8) is 0 Å². The van der Waals surface area contributed by atoms with E-state index in [4.69, 9.17) is 23.4 Å². The number of fused-ring (bicyclic) bond motifs is 4. The summed E-state index contributed by atoms with van der Waals surface area (Å²) in [6, 6.07) is 7.55. The third kappa shape index (κ3) is 6.43. The maximum Gasteiger partial charge on any atom is 0.417 e. The minimum atomic E-state index is -4.94. The van der Waals surface area contributed by atoms with Crippen molar-refractivity contribution >= 4 is 16.9 Å². The molecule has 3 aromatic carbocycles. The van der Waals surface area contributed by atoms with E-state index in [1.165, 1.54) is 49.2 Å². The van der Waals surface area contributed by atoms with Crippen molar-refractivity contribution in [2.75, 3.05) is 49.1 Å². The van der Waals surface area contributed by atoms with Crippen LogP contribution in [-0.4, -0.2) is 50.6 Å². The first-order valence-electron chi connectivity index (χ1n) is 18.1. The first-order chi connectivity index (χ1) is 24.4. The Bertz CT molecular complexity index is 2020. The average Bonchev–Trinajstić information content (AvgIpc) is 3.09. The molecule has 0 amide bonds. The number of anilines is 2. The van der Waals surface area contributed by atoms with E-state index in [0.717, 1.165) is 117 Å². The number of benzene rings is 3. The van der Waals surface area contributed by atoms with Crippen molar-refractivity contribution in [3.8, 4) is 17.2 Å². The van der Waals surface area contributed by atoms with Crippen LogP contribution in [-0.2, 0) is 38.5 Å². The summed E-state index contributed by atoms with van der Waals surface area (Å²) in [5.41, 5.74) is 9.00. The average molecular weight is 728 g/mol. The minimum Gasteiger partial charge on any atom is -0.508 e. The van der Waals surface area contributed by atoms with Gasteiger partial charge in [0.2, 0.25) is 5.36 Å². The predicted molar refractivity (Wildman–Crippen MR) is 174 cm³/mol. The molecule has 0 aliphatic carbocycles. The van der Waals surface area contributed by atoms with E-state index in [1.54, 1.807) is 12.1 Å². The number of aromatic hydroxyl groups is 1. The van der Waals surface area contributed by atoms with Gasteiger partial charge >= 0.3 is 6.18 Å². The highest BCUT2D eigenvalue weighted by Crippen LogP contribution is 2.50. The lowest BCUT2D eigenvalue weighted by atomic mass is 9.84. The lowest BCUT2D eigenvalue weighted by Crippen LogP contribution is -2.68. The molecule has 0 atom stereocenters. The van der Waals surface area contributed by atoms with Crippen LogP contribution in [0, 0.1) is 10.2 Å². The number of hydrogen-bond acceptors (Lipinski definition) is 8. The van der Waals surface area contributed by atoms with Gasteiger partial charge in [-0.3, -0.25) is 0 Å². The first kappa shape index (κ1) is 34.5. The molecule has 0 saturated carbocycles. The second-order valence-electron chi connectivity index (χ2n) is 14.5. The summed E-state index contributed by atoms with van der Waals surface area (Å²) in [5.74, 6) is 1.44. The molecular formula is C38H41ClF3N3O6. The van der Waals surface area contributed by atoms with Crippen molar-refractivity contribution in [2.24, 2.45) is 0 Å². The molecule has 0 saturated heterocycles. The molecule has 7 aliphatic heterocycles. The number of phenolic OH excluding ortho intramolecular Hbond substituents is 1. The largest absolute Gasteiger partial charge is 0.508 e. The zero-order chi connectivity index (χ0) is 35.7. The molecule has 1 N–H and O–H groups in total. The van der Waals surface area contributed by atoms with Gasteiger partial charge in [-0.2, -0.15) is 13.2 Å². The number of rotatable bonds is 0. The van der Waals surface area contributed by atoms with Crippen LogP contribution in [0.25, 0.3) is 5.57 Å². The maximum absolute atomic E-state index is 14.7.